The lowest BCUT2D eigenvalue weighted by atomic mass is 10.0. The summed E-state index contributed by atoms with van der Waals surface area (Å²) in [5.41, 5.74) is 4.42. The first-order valence-corrected chi connectivity index (χ1v) is 22.5. The quantitative estimate of drug-likeness (QED) is 0.0732. The molecule has 0 aliphatic carbocycles. The van der Waals surface area contributed by atoms with E-state index in [9.17, 15) is 28.4 Å². The zero-order chi connectivity index (χ0) is 44.1. The van der Waals surface area contributed by atoms with Crippen molar-refractivity contribution in [1.82, 2.24) is 35.2 Å². The fourth-order valence-electron chi connectivity index (χ4n) is 8.94. The summed E-state index contributed by atoms with van der Waals surface area (Å²) in [6.07, 6.45) is 10.4. The second-order valence-electron chi connectivity index (χ2n) is 17.1. The lowest BCUT2D eigenvalue weighted by Crippen LogP contribution is -2.52. The first-order valence-electron chi connectivity index (χ1n) is 22.5. The highest BCUT2D eigenvalue weighted by molar-refractivity contribution is 6.05. The molecule has 13 nitrogen and oxygen atoms in total. The van der Waals surface area contributed by atoms with Gasteiger partial charge in [-0.15, -0.1) is 0 Å². The first-order chi connectivity index (χ1) is 30.6. The van der Waals surface area contributed by atoms with Crippen LogP contribution in [0.15, 0.2) is 66.9 Å². The van der Waals surface area contributed by atoms with Gasteiger partial charge in [-0.25, -0.2) is 4.98 Å². The molecular weight excluding hydrogens is 800 g/mol. The van der Waals surface area contributed by atoms with Gasteiger partial charge < -0.3 is 24.9 Å². The van der Waals surface area contributed by atoms with Gasteiger partial charge in [0.15, 0.2) is 0 Å². The Hall–Kier alpha value is -5.91. The fourth-order valence-corrected chi connectivity index (χ4v) is 8.94. The van der Waals surface area contributed by atoms with E-state index in [4.69, 9.17) is 0 Å². The molecule has 1 aromatic heterocycles. The Morgan fingerprint density at radius 2 is 1.67 bits per heavy atom. The van der Waals surface area contributed by atoms with Gasteiger partial charge in [-0.2, -0.15) is 4.39 Å². The largest absolute Gasteiger partial charge is 0.369 e. The van der Waals surface area contributed by atoms with Gasteiger partial charge in [0.1, 0.15) is 6.04 Å². The molecule has 2 atom stereocenters. The number of hydrogen-bond acceptors (Lipinski definition) is 9. The molecule has 14 heteroatoms. The van der Waals surface area contributed by atoms with Crippen LogP contribution in [0.1, 0.15) is 95.7 Å². The average molecular weight is 859 g/mol. The predicted molar refractivity (Wildman–Crippen MR) is 240 cm³/mol. The smallest absolute Gasteiger partial charge is 0.255 e. The SMILES string of the molecule is CC1CN(CCCCNC(=O)/C=C/c2cccnc2F)CCN(C(=O)c2ccc(N3CCN(CCCCCC#Cc4cccc5c4CN(C4CCC(=O)NC4=O)C5=O)CC3)cc2)C1. The van der Waals surface area contributed by atoms with E-state index >= 15 is 0 Å². The molecule has 2 N–H and O–H groups in total. The third kappa shape index (κ3) is 12.2. The van der Waals surface area contributed by atoms with E-state index < -0.39 is 17.9 Å². The van der Waals surface area contributed by atoms with Crippen molar-refractivity contribution in [3.05, 3.63) is 101 Å². The molecule has 0 spiro atoms. The van der Waals surface area contributed by atoms with Gasteiger partial charge in [-0.3, -0.25) is 34.2 Å². The number of carbonyl (C=O) groups excluding carboxylic acids is 5. The summed E-state index contributed by atoms with van der Waals surface area (Å²) < 4.78 is 13.7. The second-order valence-corrected chi connectivity index (χ2v) is 17.1. The van der Waals surface area contributed by atoms with E-state index in [0.717, 1.165) is 120 Å². The van der Waals surface area contributed by atoms with Crippen LogP contribution < -0.4 is 15.5 Å². The topological polar surface area (TPSA) is 138 Å². The molecule has 7 rings (SSSR count). The van der Waals surface area contributed by atoms with Gasteiger partial charge in [0, 0.05) is 119 Å². The number of pyridine rings is 1. The van der Waals surface area contributed by atoms with Gasteiger partial charge >= 0.3 is 0 Å². The van der Waals surface area contributed by atoms with Crippen LogP contribution in [0.5, 0.6) is 0 Å². The average Bonchev–Trinajstić information content (AvgIpc) is 3.50. The van der Waals surface area contributed by atoms with E-state index in [1.807, 2.05) is 29.2 Å². The van der Waals surface area contributed by atoms with E-state index in [2.05, 4.69) is 61.2 Å². The summed E-state index contributed by atoms with van der Waals surface area (Å²) in [4.78, 5) is 77.4. The molecule has 0 radical (unpaired) electrons. The summed E-state index contributed by atoms with van der Waals surface area (Å²) in [6, 6.07) is 16.2. The van der Waals surface area contributed by atoms with Crippen molar-refractivity contribution in [2.75, 3.05) is 76.9 Å². The normalized spacial score (nSPS) is 19.7. The van der Waals surface area contributed by atoms with E-state index in [1.54, 1.807) is 23.1 Å². The number of rotatable bonds is 15. The molecule has 5 heterocycles. The minimum Gasteiger partial charge on any atom is -0.369 e. The molecule has 2 unspecified atom stereocenters. The third-order valence-corrected chi connectivity index (χ3v) is 12.4. The molecule has 4 aliphatic heterocycles. The van der Waals surface area contributed by atoms with Crippen LogP contribution in [0, 0.1) is 23.7 Å². The molecule has 2 aromatic carbocycles. The Morgan fingerprint density at radius 1 is 0.889 bits per heavy atom. The number of halogens is 1. The summed E-state index contributed by atoms with van der Waals surface area (Å²) in [6.45, 7) is 12.0. The number of piperidine rings is 1. The van der Waals surface area contributed by atoms with E-state index in [0.29, 0.717) is 37.5 Å². The van der Waals surface area contributed by atoms with Gasteiger partial charge in [-0.1, -0.05) is 31.3 Å². The minimum atomic E-state index is -0.632. The van der Waals surface area contributed by atoms with Crippen molar-refractivity contribution >= 4 is 41.3 Å². The van der Waals surface area contributed by atoms with Gasteiger partial charge in [-0.05, 0) is 111 Å². The number of anilines is 1. The number of imide groups is 1. The fraction of sp³-hybridized carbons (Fsp3) is 0.469. The number of aromatic nitrogens is 1. The van der Waals surface area contributed by atoms with Crippen LogP contribution in [-0.2, 0) is 20.9 Å². The number of nitrogens with one attached hydrogen (secondary N) is 2. The standard InChI is InChI=1S/C49H59FN8O5/c1-36-33-55(26-8-6-23-51-44(59)21-17-38-13-10-24-52-46(38)50)29-32-57(34-36)48(62)39-15-18-40(19-16-39)56-30-27-54(28-31-56)25-7-4-2-3-5-11-37-12-9-14-41-42(37)35-58(49(41)63)43-20-22-45(60)53-47(43)61/h9-10,12-19,21,24,36,43H,2-4,6-8,20,22-23,25-35H2,1H3,(H,51,59)(H,53,60,61)/b21-17+. The highest BCUT2D eigenvalue weighted by Gasteiger charge is 2.39. The van der Waals surface area contributed by atoms with E-state index in [1.165, 1.54) is 18.3 Å². The van der Waals surface area contributed by atoms with Crippen molar-refractivity contribution in [2.45, 2.75) is 70.9 Å². The number of nitrogens with zero attached hydrogens (tertiary/aromatic N) is 6. The molecule has 0 bridgehead atoms. The monoisotopic (exact) mass is 858 g/mol. The molecule has 0 saturated carbocycles. The first kappa shape index (κ1) is 45.1. The molecule has 3 fully saturated rings. The van der Waals surface area contributed by atoms with Crippen molar-refractivity contribution in [3.63, 3.8) is 0 Å². The summed E-state index contributed by atoms with van der Waals surface area (Å²) in [5.74, 6) is 5.26. The molecule has 332 valence electrons. The predicted octanol–water partition coefficient (Wildman–Crippen LogP) is 4.72. The highest BCUT2D eigenvalue weighted by Crippen LogP contribution is 2.29. The maximum absolute atomic E-state index is 13.7. The van der Waals surface area contributed by atoms with Gasteiger partial charge in [0.2, 0.25) is 23.7 Å². The Kier molecular flexibility index (Phi) is 15.7. The highest BCUT2D eigenvalue weighted by atomic mass is 19.1. The number of benzene rings is 2. The Balaban J connectivity index is 0.761. The number of piperazine rings is 1. The molecule has 4 aliphatic rings. The molecule has 63 heavy (non-hydrogen) atoms. The Bertz CT molecular complexity index is 2210. The lowest BCUT2D eigenvalue weighted by Gasteiger charge is -2.36. The van der Waals surface area contributed by atoms with Gasteiger partial charge in [0.05, 0.1) is 0 Å². The second kappa shape index (κ2) is 21.9. The summed E-state index contributed by atoms with van der Waals surface area (Å²) >= 11 is 0. The molecular formula is C49H59FN8O5. The zero-order valence-corrected chi connectivity index (χ0v) is 36.3. The van der Waals surface area contributed by atoms with E-state index in [-0.39, 0.29) is 35.6 Å². The van der Waals surface area contributed by atoms with Gasteiger partial charge in [0.25, 0.3) is 11.8 Å². The minimum absolute atomic E-state index is 0.0754. The Labute approximate surface area is 370 Å². The third-order valence-electron chi connectivity index (χ3n) is 12.4. The molecule has 3 saturated heterocycles. The number of hydrogen-bond donors (Lipinski definition) is 2. The number of unbranched alkanes of at least 4 members (excludes halogenated alkanes) is 4. The van der Waals surface area contributed by atoms with Crippen molar-refractivity contribution < 1.29 is 28.4 Å². The van der Waals surface area contributed by atoms with Crippen LogP contribution in [0.3, 0.4) is 0 Å². The van der Waals surface area contributed by atoms with Crippen LogP contribution in [0.25, 0.3) is 6.08 Å². The maximum Gasteiger partial charge on any atom is 0.255 e. The number of fused-ring (bicyclic) bond motifs is 1. The maximum atomic E-state index is 13.7. The zero-order valence-electron chi connectivity index (χ0n) is 36.3. The molecule has 3 aromatic rings. The Morgan fingerprint density at radius 3 is 2.46 bits per heavy atom. The summed E-state index contributed by atoms with van der Waals surface area (Å²) in [7, 11) is 0. The van der Waals surface area contributed by atoms with Crippen LogP contribution in [-0.4, -0.2) is 132 Å². The van der Waals surface area contributed by atoms with Crippen molar-refractivity contribution in [1.29, 1.82) is 0 Å². The van der Waals surface area contributed by atoms with Crippen LogP contribution in [0.4, 0.5) is 10.1 Å². The van der Waals surface area contributed by atoms with Crippen molar-refractivity contribution in [2.24, 2.45) is 5.92 Å². The van der Waals surface area contributed by atoms with Crippen LogP contribution in [0.2, 0.25) is 0 Å². The van der Waals surface area contributed by atoms with Crippen LogP contribution >= 0.6 is 0 Å². The molecule has 5 amide bonds. The van der Waals surface area contributed by atoms with Crippen molar-refractivity contribution in [3.8, 4) is 11.8 Å². The number of carbonyl (C=O) groups is 5. The summed E-state index contributed by atoms with van der Waals surface area (Å²) in [5, 5.41) is 5.22. The number of amides is 5. The lowest BCUT2D eigenvalue weighted by molar-refractivity contribution is -0.137.